The molecule has 4 fully saturated rings. The maximum absolute atomic E-state index is 13.2. The van der Waals surface area contributed by atoms with Crippen LogP contribution in [0.5, 0.6) is 0 Å². The molecular weight excluding hydrogens is 312 g/mol. The fourth-order valence-electron chi connectivity index (χ4n) is 6.99. The van der Waals surface area contributed by atoms with E-state index in [1.54, 1.807) is 0 Å². The Labute approximate surface area is 148 Å². The second-order valence-electron chi connectivity index (χ2n) is 9.27. The lowest BCUT2D eigenvalue weighted by atomic mass is 9.64. The van der Waals surface area contributed by atoms with E-state index in [9.17, 15) is 4.79 Å². The number of carbonyl (C=O) groups excluding carboxylic acids is 1. The molecule has 4 bridgehead atoms. The van der Waals surface area contributed by atoms with Gasteiger partial charge in [-0.1, -0.05) is 44.2 Å². The molecule has 128 valence electrons. The number of hydrogen-bond acceptors (Lipinski definition) is 1. The van der Waals surface area contributed by atoms with E-state index in [2.05, 4.69) is 44.2 Å². The number of carbonyl (C=O) groups is 1. The number of benzene rings is 1. The SMILES string of the molecule is CC1(C)[C@@H]2CC[C@@]1(C1[C@@H]3CC[C@@H](C3)[S+]1Cc1ccccc1)C(=O)C2. The Kier molecular flexibility index (Phi) is 3.31. The summed E-state index contributed by atoms with van der Waals surface area (Å²) in [6.07, 6.45) is 7.60. The van der Waals surface area contributed by atoms with E-state index >= 15 is 0 Å². The third kappa shape index (κ3) is 1.81. The van der Waals surface area contributed by atoms with Gasteiger partial charge >= 0.3 is 0 Å². The molecule has 2 heteroatoms. The molecule has 0 aromatic heterocycles. The van der Waals surface area contributed by atoms with Crippen LogP contribution in [0.15, 0.2) is 30.3 Å². The van der Waals surface area contributed by atoms with E-state index in [-0.39, 0.29) is 10.8 Å². The first-order valence-electron chi connectivity index (χ1n) is 9.80. The topological polar surface area (TPSA) is 17.1 Å². The molecule has 2 unspecified atom stereocenters. The lowest BCUT2D eigenvalue weighted by molar-refractivity contribution is -0.130. The van der Waals surface area contributed by atoms with Crippen LogP contribution in [0.25, 0.3) is 0 Å². The molecule has 3 aliphatic carbocycles. The molecule has 1 aliphatic heterocycles. The zero-order valence-corrected chi connectivity index (χ0v) is 15.8. The van der Waals surface area contributed by atoms with Gasteiger partial charge in [0.25, 0.3) is 0 Å². The normalized spacial score (nSPS) is 45.2. The molecule has 0 radical (unpaired) electrons. The van der Waals surface area contributed by atoms with Crippen molar-refractivity contribution in [3.63, 3.8) is 0 Å². The quantitative estimate of drug-likeness (QED) is 0.725. The number of hydrogen-bond donors (Lipinski definition) is 0. The fourth-order valence-corrected chi connectivity index (χ4v) is 11.1. The summed E-state index contributed by atoms with van der Waals surface area (Å²) >= 11 is 0. The Hall–Kier alpha value is -0.760. The van der Waals surface area contributed by atoms with Crippen LogP contribution >= 0.6 is 0 Å². The third-order valence-electron chi connectivity index (χ3n) is 8.26. The standard InChI is InChI=1S/C22H29OS/c1-21(2)17-10-11-22(21,19(23)13-17)20-16-8-9-18(12-16)24(20)14-15-6-4-3-5-7-15/h3-7,16-18,20H,8-14H2,1-2H3/q+1/t16-,17-,18+,20?,22+,24?/m1/s1. The van der Waals surface area contributed by atoms with Crippen molar-refractivity contribution in [1.29, 1.82) is 0 Å². The van der Waals surface area contributed by atoms with Gasteiger partial charge < -0.3 is 0 Å². The first-order chi connectivity index (χ1) is 11.5. The lowest BCUT2D eigenvalue weighted by Gasteiger charge is -2.43. The molecular formula is C22H29OS+. The van der Waals surface area contributed by atoms with E-state index in [0.29, 0.717) is 27.8 Å². The molecule has 1 heterocycles. The van der Waals surface area contributed by atoms with Crippen LogP contribution in [0, 0.1) is 22.7 Å². The lowest BCUT2D eigenvalue weighted by Crippen LogP contribution is -2.53. The summed E-state index contributed by atoms with van der Waals surface area (Å²) in [6, 6.07) is 11.1. The Balaban J connectivity index is 1.55. The van der Waals surface area contributed by atoms with Crippen molar-refractivity contribution >= 4 is 16.7 Å². The predicted molar refractivity (Wildman–Crippen MR) is 101 cm³/mol. The first kappa shape index (κ1) is 15.5. The second kappa shape index (κ2) is 5.13. The van der Waals surface area contributed by atoms with E-state index < -0.39 is 0 Å². The van der Waals surface area contributed by atoms with Crippen LogP contribution in [0.3, 0.4) is 0 Å². The Morgan fingerprint density at radius 2 is 1.92 bits per heavy atom. The van der Waals surface area contributed by atoms with Gasteiger partial charge in [-0.2, -0.15) is 0 Å². The second-order valence-corrected chi connectivity index (χ2v) is 11.7. The molecule has 1 aromatic carbocycles. The van der Waals surface area contributed by atoms with Gasteiger partial charge in [-0.25, -0.2) is 0 Å². The van der Waals surface area contributed by atoms with Crippen LogP contribution in [-0.4, -0.2) is 16.3 Å². The van der Waals surface area contributed by atoms with Gasteiger partial charge in [0, 0.05) is 24.3 Å². The van der Waals surface area contributed by atoms with Crippen LogP contribution in [0.1, 0.15) is 57.9 Å². The Bertz CT molecular complexity index is 666. The van der Waals surface area contributed by atoms with Crippen molar-refractivity contribution in [3.05, 3.63) is 35.9 Å². The smallest absolute Gasteiger partial charge is 0.144 e. The predicted octanol–water partition coefficient (Wildman–Crippen LogP) is 4.75. The highest BCUT2D eigenvalue weighted by Gasteiger charge is 2.75. The van der Waals surface area contributed by atoms with Crippen molar-refractivity contribution < 1.29 is 4.79 Å². The van der Waals surface area contributed by atoms with Crippen molar-refractivity contribution in [2.45, 2.75) is 68.6 Å². The van der Waals surface area contributed by atoms with Gasteiger partial charge in [0.05, 0.1) is 5.41 Å². The summed E-state index contributed by atoms with van der Waals surface area (Å²) < 4.78 is 0. The average molecular weight is 342 g/mol. The van der Waals surface area contributed by atoms with Crippen molar-refractivity contribution in [3.8, 4) is 0 Å². The largest absolute Gasteiger partial charge is 0.299 e. The molecule has 0 amide bonds. The van der Waals surface area contributed by atoms with Crippen LogP contribution in [0.4, 0.5) is 0 Å². The number of rotatable bonds is 3. The van der Waals surface area contributed by atoms with Gasteiger partial charge in [0.2, 0.25) is 0 Å². The first-order valence-corrected chi connectivity index (χ1v) is 11.3. The number of Topliss-reactive ketones (excluding diaryl/α,β-unsaturated/α-hetero) is 1. The summed E-state index contributed by atoms with van der Waals surface area (Å²) in [6.45, 7) is 4.87. The number of fused-ring (bicyclic) bond motifs is 4. The maximum atomic E-state index is 13.2. The van der Waals surface area contributed by atoms with E-state index in [4.69, 9.17) is 0 Å². The van der Waals surface area contributed by atoms with Gasteiger partial charge in [-0.15, -0.1) is 0 Å². The Morgan fingerprint density at radius 1 is 1.12 bits per heavy atom. The highest BCUT2D eigenvalue weighted by atomic mass is 32.2. The van der Waals surface area contributed by atoms with E-state index in [1.165, 1.54) is 43.4 Å². The summed E-state index contributed by atoms with van der Waals surface area (Å²) in [5, 5.41) is 1.59. The zero-order valence-electron chi connectivity index (χ0n) is 15.0. The minimum atomic E-state index is 0.0232. The summed E-state index contributed by atoms with van der Waals surface area (Å²) in [4.78, 5) is 13.2. The molecule has 6 atom stereocenters. The average Bonchev–Trinajstić information content (AvgIpc) is 3.27. The van der Waals surface area contributed by atoms with Gasteiger partial charge in [0.15, 0.2) is 0 Å². The van der Waals surface area contributed by atoms with Crippen LogP contribution in [0.2, 0.25) is 0 Å². The molecule has 24 heavy (non-hydrogen) atoms. The zero-order chi connectivity index (χ0) is 16.5. The van der Waals surface area contributed by atoms with Gasteiger partial charge in [-0.05, 0) is 47.9 Å². The van der Waals surface area contributed by atoms with E-state index in [0.717, 1.165) is 17.6 Å². The molecule has 0 N–H and O–H groups in total. The summed E-state index contributed by atoms with van der Waals surface area (Å²) in [5.41, 5.74) is 1.75. The fraction of sp³-hybridized carbons (Fsp3) is 0.682. The monoisotopic (exact) mass is 341 g/mol. The molecule has 3 saturated carbocycles. The van der Waals surface area contributed by atoms with Crippen LogP contribution < -0.4 is 0 Å². The Morgan fingerprint density at radius 3 is 2.58 bits per heavy atom. The molecule has 1 aromatic rings. The highest BCUT2D eigenvalue weighted by molar-refractivity contribution is 7.97. The summed E-state index contributed by atoms with van der Waals surface area (Å²) in [5.74, 6) is 3.36. The highest BCUT2D eigenvalue weighted by Crippen LogP contribution is 2.70. The minimum Gasteiger partial charge on any atom is -0.299 e. The summed E-state index contributed by atoms with van der Waals surface area (Å²) in [7, 11) is 0.405. The van der Waals surface area contributed by atoms with E-state index in [1.807, 2.05) is 0 Å². The maximum Gasteiger partial charge on any atom is 0.144 e. The molecule has 0 spiro atoms. The van der Waals surface area contributed by atoms with Crippen molar-refractivity contribution in [1.82, 2.24) is 0 Å². The van der Waals surface area contributed by atoms with Gasteiger partial charge in [0.1, 0.15) is 22.0 Å². The third-order valence-corrected chi connectivity index (χ3v) is 11.6. The number of ketones is 1. The molecule has 4 aliphatic rings. The van der Waals surface area contributed by atoms with Crippen molar-refractivity contribution in [2.24, 2.45) is 22.7 Å². The minimum absolute atomic E-state index is 0.0232. The van der Waals surface area contributed by atoms with Gasteiger partial charge in [-0.3, -0.25) is 4.79 Å². The molecule has 1 nitrogen and oxygen atoms in total. The van der Waals surface area contributed by atoms with Crippen LogP contribution in [-0.2, 0) is 21.4 Å². The molecule has 5 rings (SSSR count). The van der Waals surface area contributed by atoms with Crippen molar-refractivity contribution in [2.75, 3.05) is 0 Å². The molecule has 1 saturated heterocycles.